The maximum absolute atomic E-state index is 12.9. The lowest BCUT2D eigenvalue weighted by atomic mass is 10.0. The Labute approximate surface area is 175 Å². The molecule has 0 unspecified atom stereocenters. The van der Waals surface area contributed by atoms with Gasteiger partial charge in [0.25, 0.3) is 11.8 Å². The van der Waals surface area contributed by atoms with E-state index in [4.69, 9.17) is 4.74 Å². The number of nitrogens with one attached hydrogen (secondary N) is 3. The topological polar surface area (TPSA) is 96.5 Å². The van der Waals surface area contributed by atoms with Crippen molar-refractivity contribution in [1.82, 2.24) is 16.2 Å². The van der Waals surface area contributed by atoms with Crippen LogP contribution < -0.4 is 20.9 Å². The lowest BCUT2D eigenvalue weighted by Crippen LogP contribution is -2.54. The molecule has 7 nitrogen and oxygen atoms in total. The van der Waals surface area contributed by atoms with E-state index in [2.05, 4.69) is 16.2 Å². The van der Waals surface area contributed by atoms with Gasteiger partial charge in [-0.05, 0) is 54.8 Å². The SMILES string of the molecule is CCOc1ccc(C(=O)N[C@H](C(=O)NNC(=O)Cc2ccc(F)cc2)C(C)C)cc1. The molecule has 3 amide bonds. The predicted octanol–water partition coefficient (Wildman–Crippen LogP) is 2.37. The number of carbonyl (C=O) groups excluding carboxylic acids is 3. The largest absolute Gasteiger partial charge is 0.494 e. The van der Waals surface area contributed by atoms with Crippen molar-refractivity contribution >= 4 is 17.7 Å². The molecule has 0 spiro atoms. The summed E-state index contributed by atoms with van der Waals surface area (Å²) in [7, 11) is 0. The summed E-state index contributed by atoms with van der Waals surface area (Å²) in [6.45, 7) is 5.95. The van der Waals surface area contributed by atoms with Crippen LogP contribution in [0.2, 0.25) is 0 Å². The summed E-state index contributed by atoms with van der Waals surface area (Å²) in [5.74, 6) is -1.38. The first kappa shape index (κ1) is 22.9. The molecule has 0 fully saturated rings. The fraction of sp³-hybridized carbons (Fsp3) is 0.318. The van der Waals surface area contributed by atoms with Crippen molar-refractivity contribution in [2.75, 3.05) is 6.61 Å². The van der Waals surface area contributed by atoms with Gasteiger partial charge in [-0.3, -0.25) is 25.2 Å². The molecule has 0 aliphatic carbocycles. The van der Waals surface area contributed by atoms with Gasteiger partial charge in [0.2, 0.25) is 5.91 Å². The van der Waals surface area contributed by atoms with Crippen molar-refractivity contribution in [2.24, 2.45) is 5.92 Å². The van der Waals surface area contributed by atoms with E-state index in [1.165, 1.54) is 24.3 Å². The predicted molar refractivity (Wildman–Crippen MR) is 110 cm³/mol. The van der Waals surface area contributed by atoms with Crippen molar-refractivity contribution < 1.29 is 23.5 Å². The van der Waals surface area contributed by atoms with E-state index < -0.39 is 29.6 Å². The quantitative estimate of drug-likeness (QED) is 0.577. The zero-order chi connectivity index (χ0) is 22.1. The average molecular weight is 415 g/mol. The van der Waals surface area contributed by atoms with Gasteiger partial charge < -0.3 is 10.1 Å². The molecule has 2 aromatic rings. The van der Waals surface area contributed by atoms with Crippen LogP contribution in [0.15, 0.2) is 48.5 Å². The summed E-state index contributed by atoms with van der Waals surface area (Å²) in [5, 5.41) is 2.68. The Kier molecular flexibility index (Phi) is 8.34. The zero-order valence-electron chi connectivity index (χ0n) is 17.2. The van der Waals surface area contributed by atoms with Gasteiger partial charge in [-0.1, -0.05) is 26.0 Å². The smallest absolute Gasteiger partial charge is 0.261 e. The third-order valence-corrected chi connectivity index (χ3v) is 4.27. The molecular formula is C22H26FN3O4. The minimum absolute atomic E-state index is 0.0224. The molecule has 0 heterocycles. The maximum atomic E-state index is 12.9. The van der Waals surface area contributed by atoms with E-state index in [1.54, 1.807) is 38.1 Å². The van der Waals surface area contributed by atoms with Crippen molar-refractivity contribution in [2.45, 2.75) is 33.2 Å². The van der Waals surface area contributed by atoms with Gasteiger partial charge in [-0.25, -0.2) is 4.39 Å². The molecular weight excluding hydrogens is 389 g/mol. The van der Waals surface area contributed by atoms with Crippen LogP contribution in [-0.2, 0) is 16.0 Å². The molecule has 0 aliphatic rings. The van der Waals surface area contributed by atoms with Gasteiger partial charge >= 0.3 is 0 Å². The fourth-order valence-electron chi connectivity index (χ4n) is 2.67. The van der Waals surface area contributed by atoms with Crippen LogP contribution in [0.4, 0.5) is 4.39 Å². The highest BCUT2D eigenvalue weighted by molar-refractivity contribution is 5.98. The number of hydrazine groups is 1. The Morgan fingerprint density at radius 2 is 1.60 bits per heavy atom. The monoisotopic (exact) mass is 415 g/mol. The maximum Gasteiger partial charge on any atom is 0.261 e. The van der Waals surface area contributed by atoms with Gasteiger partial charge in [0.1, 0.15) is 17.6 Å². The number of amides is 3. The van der Waals surface area contributed by atoms with Crippen LogP contribution in [-0.4, -0.2) is 30.4 Å². The number of carbonyl (C=O) groups is 3. The van der Waals surface area contributed by atoms with Gasteiger partial charge in [0.15, 0.2) is 0 Å². The fourth-order valence-corrected chi connectivity index (χ4v) is 2.67. The van der Waals surface area contributed by atoms with Crippen LogP contribution >= 0.6 is 0 Å². The van der Waals surface area contributed by atoms with Gasteiger partial charge in [-0.15, -0.1) is 0 Å². The molecule has 2 aromatic carbocycles. The number of benzene rings is 2. The molecule has 0 bridgehead atoms. The molecule has 0 saturated heterocycles. The number of hydrogen-bond donors (Lipinski definition) is 3. The van der Waals surface area contributed by atoms with Crippen molar-refractivity contribution in [3.63, 3.8) is 0 Å². The zero-order valence-corrected chi connectivity index (χ0v) is 17.2. The second kappa shape index (κ2) is 10.9. The Morgan fingerprint density at radius 1 is 0.967 bits per heavy atom. The molecule has 1 atom stereocenters. The molecule has 8 heteroatoms. The number of rotatable bonds is 8. The van der Waals surface area contributed by atoms with Crippen molar-refractivity contribution in [3.05, 3.63) is 65.5 Å². The number of halogens is 1. The number of ether oxygens (including phenoxy) is 1. The van der Waals surface area contributed by atoms with E-state index in [1.807, 2.05) is 6.92 Å². The highest BCUT2D eigenvalue weighted by Crippen LogP contribution is 2.13. The average Bonchev–Trinajstić information content (AvgIpc) is 2.72. The minimum atomic E-state index is -0.852. The molecule has 0 radical (unpaired) electrons. The van der Waals surface area contributed by atoms with Crippen LogP contribution in [0.5, 0.6) is 5.75 Å². The molecule has 2 rings (SSSR count). The Hall–Kier alpha value is -3.42. The summed E-state index contributed by atoms with van der Waals surface area (Å²) in [4.78, 5) is 37.0. The van der Waals surface area contributed by atoms with E-state index in [0.717, 1.165) is 0 Å². The third kappa shape index (κ3) is 6.88. The second-order valence-corrected chi connectivity index (χ2v) is 6.99. The summed E-state index contributed by atoms with van der Waals surface area (Å²) in [5.41, 5.74) is 5.64. The third-order valence-electron chi connectivity index (χ3n) is 4.27. The highest BCUT2D eigenvalue weighted by atomic mass is 19.1. The first-order chi connectivity index (χ1) is 14.3. The second-order valence-electron chi connectivity index (χ2n) is 6.99. The molecule has 3 N–H and O–H groups in total. The first-order valence-corrected chi connectivity index (χ1v) is 9.67. The Morgan fingerprint density at radius 3 is 2.17 bits per heavy atom. The molecule has 0 aromatic heterocycles. The van der Waals surface area contributed by atoms with Gasteiger partial charge in [-0.2, -0.15) is 0 Å². The normalized spacial score (nSPS) is 11.5. The molecule has 30 heavy (non-hydrogen) atoms. The summed E-state index contributed by atoms with van der Waals surface area (Å²) in [6, 6.07) is 11.2. The summed E-state index contributed by atoms with van der Waals surface area (Å²) in [6.07, 6.45) is -0.0224. The van der Waals surface area contributed by atoms with Crippen LogP contribution in [0.1, 0.15) is 36.7 Å². The van der Waals surface area contributed by atoms with Crippen LogP contribution in [0, 0.1) is 11.7 Å². The van der Waals surface area contributed by atoms with Crippen LogP contribution in [0.3, 0.4) is 0 Å². The minimum Gasteiger partial charge on any atom is -0.494 e. The Balaban J connectivity index is 1.91. The van der Waals surface area contributed by atoms with E-state index >= 15 is 0 Å². The van der Waals surface area contributed by atoms with E-state index in [9.17, 15) is 18.8 Å². The van der Waals surface area contributed by atoms with Crippen LogP contribution in [0.25, 0.3) is 0 Å². The lowest BCUT2D eigenvalue weighted by Gasteiger charge is -2.22. The molecule has 160 valence electrons. The number of hydrogen-bond acceptors (Lipinski definition) is 4. The van der Waals surface area contributed by atoms with Crippen molar-refractivity contribution in [3.8, 4) is 5.75 Å². The standard InChI is InChI=1S/C22H26FN3O4/c1-4-30-18-11-7-16(8-12-18)21(28)24-20(14(2)3)22(29)26-25-19(27)13-15-5-9-17(23)10-6-15/h5-12,14,20H,4,13H2,1-3H3,(H,24,28)(H,25,27)(H,26,29)/t20-/m0/s1. The van der Waals surface area contributed by atoms with Crippen molar-refractivity contribution in [1.29, 1.82) is 0 Å². The first-order valence-electron chi connectivity index (χ1n) is 9.67. The Bertz CT molecular complexity index is 867. The molecule has 0 aliphatic heterocycles. The van der Waals surface area contributed by atoms with E-state index in [-0.39, 0.29) is 12.3 Å². The molecule has 0 saturated carbocycles. The lowest BCUT2D eigenvalue weighted by molar-refractivity contribution is -0.130. The van der Waals surface area contributed by atoms with Gasteiger partial charge in [0, 0.05) is 5.56 Å². The highest BCUT2D eigenvalue weighted by Gasteiger charge is 2.25. The summed E-state index contributed by atoms with van der Waals surface area (Å²) >= 11 is 0. The summed E-state index contributed by atoms with van der Waals surface area (Å²) < 4.78 is 18.3. The van der Waals surface area contributed by atoms with E-state index in [0.29, 0.717) is 23.5 Å². The van der Waals surface area contributed by atoms with Gasteiger partial charge in [0.05, 0.1) is 13.0 Å².